The van der Waals surface area contributed by atoms with E-state index in [0.717, 1.165) is 46.2 Å². The van der Waals surface area contributed by atoms with Crippen LogP contribution in [0, 0.1) is 6.92 Å². The molecule has 2 amide bonds. The molecule has 0 aliphatic carbocycles. The molecule has 0 radical (unpaired) electrons. The third-order valence-corrected chi connectivity index (χ3v) is 6.35. The second-order valence-electron chi connectivity index (χ2n) is 10.3. The van der Waals surface area contributed by atoms with Crippen LogP contribution in [-0.2, 0) is 9.53 Å². The fraction of sp³-hybridized carbons (Fsp3) is 0.414. The Bertz CT molecular complexity index is 1230. The van der Waals surface area contributed by atoms with E-state index < -0.39 is 17.7 Å². The number of ether oxygens (including phenoxy) is 2. The number of pyridine rings is 1. The number of likely N-dealkylation sites (tertiary alicyclic amines) is 1. The van der Waals surface area contributed by atoms with E-state index in [4.69, 9.17) is 9.47 Å². The van der Waals surface area contributed by atoms with E-state index in [1.165, 1.54) is 0 Å². The molecule has 3 aromatic rings. The van der Waals surface area contributed by atoms with Crippen LogP contribution in [0.2, 0.25) is 0 Å². The van der Waals surface area contributed by atoms with Crippen molar-refractivity contribution in [2.45, 2.75) is 65.2 Å². The average molecular weight is 490 g/mol. The van der Waals surface area contributed by atoms with Crippen molar-refractivity contribution in [1.82, 2.24) is 15.2 Å². The van der Waals surface area contributed by atoms with Gasteiger partial charge in [-0.3, -0.25) is 9.78 Å². The van der Waals surface area contributed by atoms with Crippen molar-refractivity contribution in [3.63, 3.8) is 0 Å². The van der Waals surface area contributed by atoms with Gasteiger partial charge in [-0.2, -0.15) is 0 Å². The van der Waals surface area contributed by atoms with Gasteiger partial charge in [0, 0.05) is 37.5 Å². The monoisotopic (exact) mass is 489 g/mol. The summed E-state index contributed by atoms with van der Waals surface area (Å²) in [5, 5.41) is 3.77. The third-order valence-electron chi connectivity index (χ3n) is 6.35. The zero-order valence-electron chi connectivity index (χ0n) is 21.7. The highest BCUT2D eigenvalue weighted by atomic mass is 16.6. The minimum absolute atomic E-state index is 0.0422. The Hall–Kier alpha value is -3.61. The second kappa shape index (κ2) is 10.6. The van der Waals surface area contributed by atoms with Crippen molar-refractivity contribution in [2.75, 3.05) is 13.1 Å². The van der Waals surface area contributed by atoms with E-state index in [2.05, 4.69) is 47.6 Å². The molecule has 2 heterocycles. The number of rotatable bonds is 5. The predicted octanol–water partition coefficient (Wildman–Crippen LogP) is 5.49. The maximum atomic E-state index is 12.8. The number of benzene rings is 2. The maximum absolute atomic E-state index is 12.8. The van der Waals surface area contributed by atoms with Gasteiger partial charge in [0.25, 0.3) is 0 Å². The van der Waals surface area contributed by atoms with Crippen molar-refractivity contribution in [2.24, 2.45) is 0 Å². The van der Waals surface area contributed by atoms with E-state index in [1.807, 2.05) is 24.4 Å². The highest BCUT2D eigenvalue weighted by Gasteiger charge is 2.28. The number of nitrogens with one attached hydrogen (secondary N) is 1. The summed E-state index contributed by atoms with van der Waals surface area (Å²) in [6.07, 6.45) is 2.76. The highest BCUT2D eigenvalue weighted by Crippen LogP contribution is 2.30. The van der Waals surface area contributed by atoms with Crippen molar-refractivity contribution < 1.29 is 19.1 Å². The molecule has 0 saturated carbocycles. The molecule has 1 aliphatic heterocycles. The molecule has 190 valence electrons. The largest absolute Gasteiger partial charge is 0.490 e. The van der Waals surface area contributed by atoms with Gasteiger partial charge in [0.1, 0.15) is 23.5 Å². The number of carbonyl (C=O) groups excluding carboxylic acids is 2. The molecule has 7 heteroatoms. The van der Waals surface area contributed by atoms with Crippen LogP contribution < -0.4 is 10.1 Å². The molecule has 0 unspecified atom stereocenters. The van der Waals surface area contributed by atoms with Crippen LogP contribution in [-0.4, -0.2) is 52.7 Å². The summed E-state index contributed by atoms with van der Waals surface area (Å²) >= 11 is 0. The van der Waals surface area contributed by atoms with Crippen molar-refractivity contribution >= 4 is 22.9 Å². The molecule has 1 aromatic heterocycles. The van der Waals surface area contributed by atoms with Gasteiger partial charge in [0.05, 0.1) is 5.52 Å². The Balaban J connectivity index is 1.30. The molecule has 1 fully saturated rings. The number of aryl methyl sites for hydroxylation is 1. The van der Waals surface area contributed by atoms with Gasteiger partial charge in [-0.15, -0.1) is 0 Å². The first-order chi connectivity index (χ1) is 17.1. The van der Waals surface area contributed by atoms with Gasteiger partial charge in [-0.1, -0.05) is 30.3 Å². The fourth-order valence-electron chi connectivity index (χ4n) is 4.52. The lowest BCUT2D eigenvalue weighted by Crippen LogP contribution is -2.51. The molecule has 1 atom stereocenters. The summed E-state index contributed by atoms with van der Waals surface area (Å²) in [5.74, 6) is 0.712. The van der Waals surface area contributed by atoms with Gasteiger partial charge < -0.3 is 19.7 Å². The minimum Gasteiger partial charge on any atom is -0.490 e. The van der Waals surface area contributed by atoms with Gasteiger partial charge in [0.2, 0.25) is 5.91 Å². The summed E-state index contributed by atoms with van der Waals surface area (Å²) in [6, 6.07) is 15.8. The van der Waals surface area contributed by atoms with Crippen LogP contribution in [0.4, 0.5) is 4.79 Å². The number of hydrogen-bond acceptors (Lipinski definition) is 5. The molecule has 1 aliphatic rings. The standard InChI is InChI=1S/C29H35N3O4/c1-19-25(13-10-22-7-6-16-30-26(19)22)21-8-11-23(12-9-21)35-24-14-17-32(18-15-24)27(33)20(2)31-28(34)36-29(3,4)5/h6-13,16,20,24H,14-15,17-18H2,1-5H3,(H,31,34)/t20-/m1/s1. The molecular weight excluding hydrogens is 454 g/mol. The Morgan fingerprint density at radius 1 is 1.06 bits per heavy atom. The van der Waals surface area contributed by atoms with Gasteiger partial charge in [-0.05, 0) is 69.5 Å². The zero-order chi connectivity index (χ0) is 25.9. The summed E-state index contributed by atoms with van der Waals surface area (Å²) in [7, 11) is 0. The SMILES string of the molecule is Cc1c(-c2ccc(OC3CCN(C(=O)[C@@H](C)NC(=O)OC(C)(C)C)CC3)cc2)ccc2cccnc12. The van der Waals surface area contributed by atoms with Gasteiger partial charge in [-0.25, -0.2) is 4.79 Å². The minimum atomic E-state index is -0.640. The number of aromatic nitrogens is 1. The second-order valence-corrected chi connectivity index (χ2v) is 10.3. The Morgan fingerprint density at radius 3 is 2.42 bits per heavy atom. The molecule has 0 spiro atoms. The first-order valence-electron chi connectivity index (χ1n) is 12.5. The molecule has 1 N–H and O–H groups in total. The Kier molecular flexibility index (Phi) is 7.48. The van der Waals surface area contributed by atoms with Crippen LogP contribution >= 0.6 is 0 Å². The van der Waals surface area contributed by atoms with E-state index in [-0.39, 0.29) is 12.0 Å². The molecule has 4 rings (SSSR count). The van der Waals surface area contributed by atoms with Crippen LogP contribution in [0.5, 0.6) is 5.75 Å². The van der Waals surface area contributed by atoms with Crippen LogP contribution in [0.15, 0.2) is 54.7 Å². The lowest BCUT2D eigenvalue weighted by Gasteiger charge is -2.34. The lowest BCUT2D eigenvalue weighted by molar-refractivity contribution is -0.134. The average Bonchev–Trinajstić information content (AvgIpc) is 2.84. The van der Waals surface area contributed by atoms with Crippen molar-refractivity contribution in [3.8, 4) is 16.9 Å². The molecule has 36 heavy (non-hydrogen) atoms. The van der Waals surface area contributed by atoms with Crippen molar-refractivity contribution in [3.05, 3.63) is 60.3 Å². The van der Waals surface area contributed by atoms with Gasteiger partial charge >= 0.3 is 6.09 Å². The Labute approximate surface area is 212 Å². The van der Waals surface area contributed by atoms with E-state index >= 15 is 0 Å². The third kappa shape index (κ3) is 6.14. The van der Waals surface area contributed by atoms with Gasteiger partial charge in [0.15, 0.2) is 0 Å². The smallest absolute Gasteiger partial charge is 0.408 e. The molecule has 2 aromatic carbocycles. The summed E-state index contributed by atoms with van der Waals surface area (Å²) in [6.45, 7) is 10.3. The number of piperidine rings is 1. The van der Waals surface area contributed by atoms with E-state index in [9.17, 15) is 9.59 Å². The van der Waals surface area contributed by atoms with Crippen LogP contribution in [0.3, 0.4) is 0 Å². The lowest BCUT2D eigenvalue weighted by atomic mass is 9.98. The topological polar surface area (TPSA) is 80.8 Å². The van der Waals surface area contributed by atoms with E-state index in [1.54, 1.807) is 32.6 Å². The number of alkyl carbamates (subject to hydrolysis) is 1. The van der Waals surface area contributed by atoms with Crippen LogP contribution in [0.25, 0.3) is 22.0 Å². The molecule has 1 saturated heterocycles. The molecule has 0 bridgehead atoms. The fourth-order valence-corrected chi connectivity index (χ4v) is 4.52. The summed E-state index contributed by atoms with van der Waals surface area (Å²) in [5.41, 5.74) is 3.86. The Morgan fingerprint density at radius 2 is 1.75 bits per heavy atom. The predicted molar refractivity (Wildman–Crippen MR) is 141 cm³/mol. The number of nitrogens with zero attached hydrogens (tertiary/aromatic N) is 2. The summed E-state index contributed by atoms with van der Waals surface area (Å²) in [4.78, 5) is 31.1. The normalized spacial score (nSPS) is 15.4. The number of hydrogen-bond donors (Lipinski definition) is 1. The van der Waals surface area contributed by atoms with E-state index in [0.29, 0.717) is 13.1 Å². The summed E-state index contributed by atoms with van der Waals surface area (Å²) < 4.78 is 11.5. The maximum Gasteiger partial charge on any atom is 0.408 e. The number of carbonyl (C=O) groups is 2. The first-order valence-corrected chi connectivity index (χ1v) is 12.5. The highest BCUT2D eigenvalue weighted by molar-refractivity contribution is 5.88. The molecule has 7 nitrogen and oxygen atoms in total. The van der Waals surface area contributed by atoms with Crippen molar-refractivity contribution in [1.29, 1.82) is 0 Å². The number of amides is 2. The quantitative estimate of drug-likeness (QED) is 0.512. The zero-order valence-corrected chi connectivity index (χ0v) is 21.7. The number of fused-ring (bicyclic) bond motifs is 1. The van der Waals surface area contributed by atoms with Crippen LogP contribution in [0.1, 0.15) is 46.1 Å². The molecular formula is C29H35N3O4. The first kappa shape index (κ1) is 25.5.